The summed E-state index contributed by atoms with van der Waals surface area (Å²) in [6.45, 7) is 5.78. The van der Waals surface area contributed by atoms with Gasteiger partial charge < -0.3 is 5.32 Å². The summed E-state index contributed by atoms with van der Waals surface area (Å²) in [5.74, 6) is 0.436. The van der Waals surface area contributed by atoms with Crippen LogP contribution in [0.15, 0.2) is 36.9 Å². The molecular weight excluding hydrogens is 265 g/mol. The summed E-state index contributed by atoms with van der Waals surface area (Å²) in [7, 11) is 0. The van der Waals surface area contributed by atoms with Crippen molar-refractivity contribution in [1.29, 1.82) is 0 Å². The lowest BCUT2D eigenvalue weighted by Crippen LogP contribution is -2.12. The Morgan fingerprint density at radius 1 is 1.30 bits per heavy atom. The third-order valence-corrected chi connectivity index (χ3v) is 2.92. The van der Waals surface area contributed by atoms with E-state index in [0.29, 0.717) is 23.1 Å². The fourth-order valence-electron chi connectivity index (χ4n) is 1.91. The normalized spacial score (nSPS) is 11.6. The van der Waals surface area contributed by atoms with E-state index in [0.717, 1.165) is 6.42 Å². The van der Waals surface area contributed by atoms with Gasteiger partial charge in [0.1, 0.15) is 5.82 Å². The number of nitrogens with one attached hydrogen (secondary N) is 1. The van der Waals surface area contributed by atoms with Gasteiger partial charge >= 0.3 is 6.18 Å². The van der Waals surface area contributed by atoms with Crippen molar-refractivity contribution >= 4 is 22.2 Å². The van der Waals surface area contributed by atoms with Crippen LogP contribution in [-0.2, 0) is 0 Å². The van der Waals surface area contributed by atoms with Crippen LogP contribution in [0.1, 0.15) is 19.0 Å². The Morgan fingerprint density at radius 2 is 2.00 bits per heavy atom. The maximum atomic E-state index is 12.9. The molecular formula is C15H15F3N2. The van der Waals surface area contributed by atoms with Gasteiger partial charge in [0.25, 0.3) is 0 Å². The van der Waals surface area contributed by atoms with Crippen molar-refractivity contribution in [3.05, 3.63) is 42.6 Å². The molecule has 2 nitrogen and oxygen atoms in total. The molecule has 0 unspecified atom stereocenters. The van der Waals surface area contributed by atoms with Crippen LogP contribution in [0, 0.1) is 0 Å². The van der Waals surface area contributed by atoms with Crippen LogP contribution in [-0.4, -0.2) is 17.7 Å². The van der Waals surface area contributed by atoms with Crippen LogP contribution >= 0.6 is 0 Å². The molecule has 5 heteroatoms. The lowest BCUT2D eigenvalue weighted by molar-refractivity contribution is -0.0687. The minimum absolute atomic E-state index is 0.116. The average molecular weight is 280 g/mol. The van der Waals surface area contributed by atoms with Crippen LogP contribution in [0.5, 0.6) is 0 Å². The molecule has 0 bridgehead atoms. The quantitative estimate of drug-likeness (QED) is 0.883. The highest BCUT2D eigenvalue weighted by molar-refractivity contribution is 5.94. The number of aromatic nitrogens is 1. The SMILES string of the molecule is C=C(c1nc(NCCC)cc2ccccc12)C(F)(F)F. The van der Waals surface area contributed by atoms with E-state index in [2.05, 4.69) is 16.9 Å². The number of pyridine rings is 1. The second kappa shape index (κ2) is 5.53. The molecule has 0 spiro atoms. The number of anilines is 1. The fourth-order valence-corrected chi connectivity index (χ4v) is 1.91. The van der Waals surface area contributed by atoms with Crippen LogP contribution < -0.4 is 5.32 Å². The molecule has 2 rings (SSSR count). The maximum Gasteiger partial charge on any atom is 0.417 e. The Bertz CT molecular complexity index is 633. The molecule has 0 aliphatic heterocycles. The van der Waals surface area contributed by atoms with Gasteiger partial charge in [-0.2, -0.15) is 13.2 Å². The summed E-state index contributed by atoms with van der Waals surface area (Å²) in [5.41, 5.74) is -1.04. The second-order valence-corrected chi connectivity index (χ2v) is 4.48. The van der Waals surface area contributed by atoms with Gasteiger partial charge in [0.05, 0.1) is 11.3 Å². The molecule has 0 amide bonds. The van der Waals surface area contributed by atoms with Crippen molar-refractivity contribution in [3.63, 3.8) is 0 Å². The minimum atomic E-state index is -4.49. The zero-order valence-corrected chi connectivity index (χ0v) is 11.1. The van der Waals surface area contributed by atoms with Gasteiger partial charge in [-0.15, -0.1) is 0 Å². The number of hydrogen-bond donors (Lipinski definition) is 1. The maximum absolute atomic E-state index is 12.9. The van der Waals surface area contributed by atoms with E-state index in [1.807, 2.05) is 6.92 Å². The van der Waals surface area contributed by atoms with Gasteiger partial charge in [-0.25, -0.2) is 4.98 Å². The number of benzene rings is 1. The largest absolute Gasteiger partial charge is 0.417 e. The molecule has 0 saturated carbocycles. The molecule has 1 aromatic heterocycles. The molecule has 20 heavy (non-hydrogen) atoms. The molecule has 1 aromatic carbocycles. The van der Waals surface area contributed by atoms with Crippen LogP contribution in [0.2, 0.25) is 0 Å². The van der Waals surface area contributed by atoms with Crippen LogP contribution in [0.4, 0.5) is 19.0 Å². The molecule has 0 atom stereocenters. The number of allylic oxidation sites excluding steroid dienone is 1. The predicted molar refractivity (Wildman–Crippen MR) is 75.6 cm³/mol. The van der Waals surface area contributed by atoms with E-state index in [4.69, 9.17) is 0 Å². The summed E-state index contributed by atoms with van der Waals surface area (Å²) in [4.78, 5) is 4.07. The van der Waals surface area contributed by atoms with E-state index in [1.54, 1.807) is 30.3 Å². The Morgan fingerprint density at radius 3 is 2.65 bits per heavy atom. The Kier molecular flexibility index (Phi) is 3.97. The number of nitrogens with zero attached hydrogens (tertiary/aromatic N) is 1. The van der Waals surface area contributed by atoms with Crippen molar-refractivity contribution < 1.29 is 13.2 Å². The molecule has 2 aromatic rings. The number of fused-ring (bicyclic) bond motifs is 1. The summed E-state index contributed by atoms with van der Waals surface area (Å²) >= 11 is 0. The molecule has 0 radical (unpaired) electrons. The van der Waals surface area contributed by atoms with E-state index < -0.39 is 11.7 Å². The Balaban J connectivity index is 2.58. The Hall–Kier alpha value is -2.04. The van der Waals surface area contributed by atoms with Gasteiger partial charge in [-0.05, 0) is 17.9 Å². The van der Waals surface area contributed by atoms with Crippen LogP contribution in [0.25, 0.3) is 16.3 Å². The summed E-state index contributed by atoms with van der Waals surface area (Å²) in [6.07, 6.45) is -3.62. The fraction of sp³-hybridized carbons (Fsp3) is 0.267. The molecule has 0 aliphatic carbocycles. The van der Waals surface area contributed by atoms with Crippen molar-refractivity contribution in [2.24, 2.45) is 0 Å². The number of rotatable bonds is 4. The first-order valence-corrected chi connectivity index (χ1v) is 6.33. The van der Waals surface area contributed by atoms with Gasteiger partial charge in [0.15, 0.2) is 0 Å². The average Bonchev–Trinajstić information content (AvgIpc) is 2.42. The molecule has 0 saturated heterocycles. The van der Waals surface area contributed by atoms with Crippen molar-refractivity contribution in [3.8, 4) is 0 Å². The van der Waals surface area contributed by atoms with Crippen molar-refractivity contribution in [1.82, 2.24) is 4.98 Å². The molecule has 106 valence electrons. The monoisotopic (exact) mass is 280 g/mol. The standard InChI is InChI=1S/C15H15F3N2/c1-3-8-19-13-9-11-6-4-5-7-12(11)14(20-13)10(2)15(16,17)18/h4-7,9H,2-3,8H2,1H3,(H,19,20). The molecule has 1 heterocycles. The van der Waals surface area contributed by atoms with Crippen molar-refractivity contribution in [2.75, 3.05) is 11.9 Å². The number of alkyl halides is 3. The van der Waals surface area contributed by atoms with Crippen LogP contribution in [0.3, 0.4) is 0 Å². The first-order chi connectivity index (χ1) is 9.43. The third kappa shape index (κ3) is 2.92. The zero-order chi connectivity index (χ0) is 14.8. The number of hydrogen-bond acceptors (Lipinski definition) is 2. The second-order valence-electron chi connectivity index (χ2n) is 4.48. The molecule has 0 fully saturated rings. The smallest absolute Gasteiger partial charge is 0.370 e. The van der Waals surface area contributed by atoms with Gasteiger partial charge in [-0.3, -0.25) is 0 Å². The Labute approximate surface area is 115 Å². The van der Waals surface area contributed by atoms with E-state index >= 15 is 0 Å². The summed E-state index contributed by atoms with van der Waals surface area (Å²) < 4.78 is 38.7. The topological polar surface area (TPSA) is 24.9 Å². The third-order valence-electron chi connectivity index (χ3n) is 2.92. The highest BCUT2D eigenvalue weighted by Gasteiger charge is 2.34. The first kappa shape index (κ1) is 14.4. The molecule has 0 aliphatic rings. The van der Waals surface area contributed by atoms with Crippen molar-refractivity contribution in [2.45, 2.75) is 19.5 Å². The highest BCUT2D eigenvalue weighted by Crippen LogP contribution is 2.35. The van der Waals surface area contributed by atoms with E-state index in [9.17, 15) is 13.2 Å². The predicted octanol–water partition coefficient (Wildman–Crippen LogP) is 4.63. The first-order valence-electron chi connectivity index (χ1n) is 6.33. The molecule has 1 N–H and O–H groups in total. The van der Waals surface area contributed by atoms with Gasteiger partial charge in [0.2, 0.25) is 0 Å². The van der Waals surface area contributed by atoms with Gasteiger partial charge in [0, 0.05) is 11.9 Å². The van der Waals surface area contributed by atoms with E-state index in [-0.39, 0.29) is 5.69 Å². The lowest BCUT2D eigenvalue weighted by atomic mass is 10.0. The van der Waals surface area contributed by atoms with Gasteiger partial charge in [-0.1, -0.05) is 37.8 Å². The minimum Gasteiger partial charge on any atom is -0.370 e. The van der Waals surface area contributed by atoms with E-state index in [1.165, 1.54) is 0 Å². The zero-order valence-electron chi connectivity index (χ0n) is 11.1. The number of halogens is 3. The summed E-state index contributed by atoms with van der Waals surface area (Å²) in [5, 5.41) is 4.18. The lowest BCUT2D eigenvalue weighted by Gasteiger charge is -2.14. The highest BCUT2D eigenvalue weighted by atomic mass is 19.4. The summed E-state index contributed by atoms with van der Waals surface area (Å²) in [6, 6.07) is 8.61.